The second-order valence-electron chi connectivity index (χ2n) is 5.36. The SMILES string of the molecule is CCc1ccc(N(C)c2nc(CNC3CC3)cs2)cc1. The molecule has 0 saturated heterocycles. The Morgan fingerprint density at radius 2 is 2.05 bits per heavy atom. The van der Waals surface area contributed by atoms with E-state index in [0.29, 0.717) is 0 Å². The summed E-state index contributed by atoms with van der Waals surface area (Å²) in [4.78, 5) is 6.87. The molecule has 0 aliphatic heterocycles. The molecular formula is C16H21N3S. The van der Waals surface area contributed by atoms with Crippen LogP contribution in [0.25, 0.3) is 0 Å². The van der Waals surface area contributed by atoms with Crippen LogP contribution in [0, 0.1) is 0 Å². The fraction of sp³-hybridized carbons (Fsp3) is 0.438. The molecule has 4 heteroatoms. The summed E-state index contributed by atoms with van der Waals surface area (Å²) in [6.07, 6.45) is 3.72. The lowest BCUT2D eigenvalue weighted by molar-refractivity contribution is 0.677. The van der Waals surface area contributed by atoms with Gasteiger partial charge in [-0.25, -0.2) is 4.98 Å². The van der Waals surface area contributed by atoms with E-state index in [0.717, 1.165) is 29.8 Å². The maximum atomic E-state index is 4.71. The lowest BCUT2D eigenvalue weighted by Gasteiger charge is -2.16. The van der Waals surface area contributed by atoms with Gasteiger partial charge in [-0.1, -0.05) is 19.1 Å². The van der Waals surface area contributed by atoms with Gasteiger partial charge in [0.05, 0.1) is 5.69 Å². The van der Waals surface area contributed by atoms with Crippen molar-refractivity contribution in [2.24, 2.45) is 0 Å². The summed E-state index contributed by atoms with van der Waals surface area (Å²) in [6.45, 7) is 3.07. The Hall–Kier alpha value is -1.39. The molecule has 1 aromatic heterocycles. The van der Waals surface area contributed by atoms with E-state index in [9.17, 15) is 0 Å². The van der Waals surface area contributed by atoms with E-state index in [2.05, 4.69) is 53.8 Å². The molecule has 3 rings (SSSR count). The third-order valence-electron chi connectivity index (χ3n) is 3.71. The highest BCUT2D eigenvalue weighted by Gasteiger charge is 2.20. The molecule has 0 bridgehead atoms. The second-order valence-corrected chi connectivity index (χ2v) is 6.19. The van der Waals surface area contributed by atoms with Gasteiger partial charge in [0, 0.05) is 30.7 Å². The van der Waals surface area contributed by atoms with E-state index in [1.807, 2.05) is 0 Å². The van der Waals surface area contributed by atoms with E-state index < -0.39 is 0 Å². The number of rotatable bonds is 6. The number of thiazole rings is 1. The Morgan fingerprint density at radius 1 is 1.30 bits per heavy atom. The lowest BCUT2D eigenvalue weighted by Crippen LogP contribution is -2.16. The highest BCUT2D eigenvalue weighted by Crippen LogP contribution is 2.27. The number of benzene rings is 1. The molecular weight excluding hydrogens is 266 g/mol. The summed E-state index contributed by atoms with van der Waals surface area (Å²) in [6, 6.07) is 9.45. The van der Waals surface area contributed by atoms with Crippen LogP contribution >= 0.6 is 11.3 Å². The lowest BCUT2D eigenvalue weighted by atomic mass is 10.1. The summed E-state index contributed by atoms with van der Waals surface area (Å²) in [5.41, 5.74) is 3.71. The third kappa shape index (κ3) is 3.19. The average molecular weight is 287 g/mol. The Morgan fingerprint density at radius 3 is 2.70 bits per heavy atom. The molecule has 0 amide bonds. The third-order valence-corrected chi connectivity index (χ3v) is 4.67. The van der Waals surface area contributed by atoms with Gasteiger partial charge in [-0.2, -0.15) is 0 Å². The molecule has 1 saturated carbocycles. The Labute approximate surface area is 124 Å². The largest absolute Gasteiger partial charge is 0.321 e. The average Bonchev–Trinajstić information content (AvgIpc) is 3.21. The number of aryl methyl sites for hydroxylation is 1. The molecule has 2 aromatic rings. The Kier molecular flexibility index (Phi) is 4.03. The van der Waals surface area contributed by atoms with Crippen LogP contribution in [-0.2, 0) is 13.0 Å². The number of hydrogen-bond donors (Lipinski definition) is 1. The first-order chi connectivity index (χ1) is 9.76. The summed E-state index contributed by atoms with van der Waals surface area (Å²) in [7, 11) is 2.08. The number of nitrogens with zero attached hydrogens (tertiary/aromatic N) is 2. The van der Waals surface area contributed by atoms with Gasteiger partial charge < -0.3 is 10.2 Å². The molecule has 0 spiro atoms. The zero-order valence-electron chi connectivity index (χ0n) is 12.1. The number of anilines is 2. The van der Waals surface area contributed by atoms with E-state index in [4.69, 9.17) is 4.98 Å². The van der Waals surface area contributed by atoms with Crippen LogP contribution in [0.4, 0.5) is 10.8 Å². The van der Waals surface area contributed by atoms with Crippen molar-refractivity contribution in [3.05, 3.63) is 40.9 Å². The van der Waals surface area contributed by atoms with Gasteiger partial charge in [0.1, 0.15) is 0 Å². The maximum absolute atomic E-state index is 4.71. The zero-order valence-corrected chi connectivity index (χ0v) is 12.9. The van der Waals surface area contributed by atoms with E-state index in [1.54, 1.807) is 11.3 Å². The van der Waals surface area contributed by atoms with Crippen LogP contribution in [0.1, 0.15) is 31.0 Å². The van der Waals surface area contributed by atoms with Gasteiger partial charge >= 0.3 is 0 Å². The van der Waals surface area contributed by atoms with Gasteiger partial charge in [0.25, 0.3) is 0 Å². The van der Waals surface area contributed by atoms with Crippen molar-refractivity contribution in [2.45, 2.75) is 38.8 Å². The zero-order chi connectivity index (χ0) is 13.9. The van der Waals surface area contributed by atoms with Crippen molar-refractivity contribution >= 4 is 22.2 Å². The van der Waals surface area contributed by atoms with Crippen LogP contribution in [0.2, 0.25) is 0 Å². The summed E-state index contributed by atoms with van der Waals surface area (Å²) < 4.78 is 0. The fourth-order valence-corrected chi connectivity index (χ4v) is 2.94. The molecule has 1 N–H and O–H groups in total. The van der Waals surface area contributed by atoms with Gasteiger partial charge in [-0.15, -0.1) is 11.3 Å². The summed E-state index contributed by atoms with van der Waals surface area (Å²) >= 11 is 1.71. The molecule has 0 atom stereocenters. The fourth-order valence-electron chi connectivity index (χ4n) is 2.13. The van der Waals surface area contributed by atoms with Crippen molar-refractivity contribution in [2.75, 3.05) is 11.9 Å². The topological polar surface area (TPSA) is 28.2 Å². The predicted octanol–water partition coefficient (Wildman–Crippen LogP) is 3.73. The van der Waals surface area contributed by atoms with E-state index in [-0.39, 0.29) is 0 Å². The minimum Gasteiger partial charge on any atom is -0.321 e. The quantitative estimate of drug-likeness (QED) is 0.877. The minimum atomic E-state index is 0.736. The number of hydrogen-bond acceptors (Lipinski definition) is 4. The Balaban J connectivity index is 1.66. The van der Waals surface area contributed by atoms with Crippen LogP contribution in [-0.4, -0.2) is 18.1 Å². The van der Waals surface area contributed by atoms with Gasteiger partial charge in [-0.05, 0) is 37.0 Å². The standard InChI is InChI=1S/C16H21N3S/c1-3-12-4-8-15(9-5-12)19(2)16-18-14(11-20-16)10-17-13-6-7-13/h4-5,8-9,11,13,17H,3,6-7,10H2,1-2H3. The van der Waals surface area contributed by atoms with E-state index in [1.165, 1.54) is 24.1 Å². The molecule has 1 aromatic carbocycles. The smallest absolute Gasteiger partial charge is 0.189 e. The van der Waals surface area contributed by atoms with Crippen molar-refractivity contribution in [1.82, 2.24) is 10.3 Å². The monoisotopic (exact) mass is 287 g/mol. The van der Waals surface area contributed by atoms with Gasteiger partial charge in [0.15, 0.2) is 5.13 Å². The molecule has 3 nitrogen and oxygen atoms in total. The molecule has 20 heavy (non-hydrogen) atoms. The van der Waals surface area contributed by atoms with Gasteiger partial charge in [0.2, 0.25) is 0 Å². The molecule has 106 valence electrons. The highest BCUT2D eigenvalue weighted by molar-refractivity contribution is 7.13. The second kappa shape index (κ2) is 5.94. The molecule has 1 heterocycles. The Bertz CT molecular complexity index is 557. The van der Waals surface area contributed by atoms with E-state index >= 15 is 0 Å². The first kappa shape index (κ1) is 13.6. The van der Waals surface area contributed by atoms with Crippen LogP contribution in [0.3, 0.4) is 0 Å². The molecule has 0 radical (unpaired) electrons. The van der Waals surface area contributed by atoms with Crippen molar-refractivity contribution in [1.29, 1.82) is 0 Å². The molecule has 0 unspecified atom stereocenters. The first-order valence-corrected chi connectivity index (χ1v) is 8.14. The van der Waals surface area contributed by atoms with Crippen molar-refractivity contribution in [3.8, 4) is 0 Å². The highest BCUT2D eigenvalue weighted by atomic mass is 32.1. The van der Waals surface area contributed by atoms with Crippen molar-refractivity contribution < 1.29 is 0 Å². The molecule has 1 fully saturated rings. The molecule has 1 aliphatic rings. The normalized spacial score (nSPS) is 14.5. The van der Waals surface area contributed by atoms with Crippen LogP contribution < -0.4 is 10.2 Å². The van der Waals surface area contributed by atoms with Gasteiger partial charge in [-0.3, -0.25) is 0 Å². The maximum Gasteiger partial charge on any atom is 0.189 e. The number of nitrogens with one attached hydrogen (secondary N) is 1. The molecule has 1 aliphatic carbocycles. The minimum absolute atomic E-state index is 0.736. The summed E-state index contributed by atoms with van der Waals surface area (Å²) in [5.74, 6) is 0. The van der Waals surface area contributed by atoms with Crippen molar-refractivity contribution in [3.63, 3.8) is 0 Å². The van der Waals surface area contributed by atoms with Crippen LogP contribution in [0.15, 0.2) is 29.6 Å². The van der Waals surface area contributed by atoms with Crippen LogP contribution in [0.5, 0.6) is 0 Å². The summed E-state index contributed by atoms with van der Waals surface area (Å²) in [5, 5.41) is 6.72. The first-order valence-electron chi connectivity index (χ1n) is 7.26. The predicted molar refractivity (Wildman–Crippen MR) is 85.9 cm³/mol. The number of aromatic nitrogens is 1.